The summed E-state index contributed by atoms with van der Waals surface area (Å²) >= 11 is 4.54. The Labute approximate surface area is 103 Å². The topological polar surface area (TPSA) is 79.5 Å². The van der Waals surface area contributed by atoms with Crippen LogP contribution in [0, 0.1) is 5.82 Å². The molecule has 0 aromatic heterocycles. The van der Waals surface area contributed by atoms with Gasteiger partial charge in [-0.2, -0.15) is 5.10 Å². The van der Waals surface area contributed by atoms with Crippen LogP contribution in [0.5, 0.6) is 0 Å². The van der Waals surface area contributed by atoms with Gasteiger partial charge in [0.2, 0.25) is 5.91 Å². The number of hydrazone groups is 1. The summed E-state index contributed by atoms with van der Waals surface area (Å²) in [6.07, 6.45) is 1.36. The van der Waals surface area contributed by atoms with Crippen LogP contribution in [-0.4, -0.2) is 17.2 Å². The normalized spacial score (nSPS) is 10.2. The van der Waals surface area contributed by atoms with E-state index >= 15 is 0 Å². The Morgan fingerprint density at radius 3 is 2.82 bits per heavy atom. The molecular weight excluding hydrogens is 243 g/mol. The van der Waals surface area contributed by atoms with Gasteiger partial charge < -0.3 is 11.1 Å². The molecular formula is C10H11FN4OS. The van der Waals surface area contributed by atoms with E-state index < -0.39 is 5.82 Å². The number of carbonyl (C=O) groups excluding carboxylic acids is 1. The van der Waals surface area contributed by atoms with Crippen LogP contribution in [-0.2, 0) is 4.79 Å². The fourth-order valence-corrected chi connectivity index (χ4v) is 1.13. The molecule has 0 saturated carbocycles. The number of nitrogens with one attached hydrogen (secondary N) is 2. The van der Waals surface area contributed by atoms with Gasteiger partial charge in [0.1, 0.15) is 5.82 Å². The van der Waals surface area contributed by atoms with Crippen molar-refractivity contribution in [2.45, 2.75) is 6.92 Å². The molecule has 0 aliphatic heterocycles. The lowest BCUT2D eigenvalue weighted by atomic mass is 10.2. The van der Waals surface area contributed by atoms with Crippen molar-refractivity contribution in [1.29, 1.82) is 0 Å². The summed E-state index contributed by atoms with van der Waals surface area (Å²) in [7, 11) is 0. The second kappa shape index (κ2) is 5.90. The van der Waals surface area contributed by atoms with Gasteiger partial charge in [-0.25, -0.2) is 4.39 Å². The maximum absolute atomic E-state index is 13.4. The zero-order valence-corrected chi connectivity index (χ0v) is 9.84. The lowest BCUT2D eigenvalue weighted by molar-refractivity contribution is -0.114. The van der Waals surface area contributed by atoms with Crippen molar-refractivity contribution in [2.24, 2.45) is 10.8 Å². The fraction of sp³-hybridized carbons (Fsp3) is 0.100. The standard InChI is InChI=1S/C10H11FN4OS/c1-6(16)14-9-3-2-7(4-8(9)11)5-13-15-10(12)17/h2-5H,1H3,(H,14,16)(H3,12,15,17)/b13-5-. The van der Waals surface area contributed by atoms with E-state index in [0.717, 1.165) is 0 Å². The van der Waals surface area contributed by atoms with Gasteiger partial charge >= 0.3 is 0 Å². The van der Waals surface area contributed by atoms with Gasteiger partial charge in [-0.3, -0.25) is 10.2 Å². The highest BCUT2D eigenvalue weighted by Crippen LogP contribution is 2.14. The highest BCUT2D eigenvalue weighted by Gasteiger charge is 2.03. The van der Waals surface area contributed by atoms with E-state index in [1.165, 1.54) is 25.3 Å². The molecule has 0 unspecified atom stereocenters. The molecule has 0 fully saturated rings. The zero-order valence-electron chi connectivity index (χ0n) is 9.03. The average Bonchev–Trinajstić information content (AvgIpc) is 2.21. The largest absolute Gasteiger partial charge is 0.375 e. The summed E-state index contributed by atoms with van der Waals surface area (Å²) in [5, 5.41) is 6.06. The first-order valence-corrected chi connectivity index (χ1v) is 5.05. The lowest BCUT2D eigenvalue weighted by Crippen LogP contribution is -2.24. The van der Waals surface area contributed by atoms with E-state index in [9.17, 15) is 9.18 Å². The first kappa shape index (κ1) is 13.0. The number of amides is 1. The number of carbonyl (C=O) groups is 1. The monoisotopic (exact) mass is 254 g/mol. The van der Waals surface area contributed by atoms with Crippen molar-refractivity contribution in [3.63, 3.8) is 0 Å². The summed E-state index contributed by atoms with van der Waals surface area (Å²) < 4.78 is 13.4. The van der Waals surface area contributed by atoms with Crippen molar-refractivity contribution in [2.75, 3.05) is 5.32 Å². The predicted molar refractivity (Wildman–Crippen MR) is 68.2 cm³/mol. The van der Waals surface area contributed by atoms with Crippen LogP contribution in [0.4, 0.5) is 10.1 Å². The number of hydrogen-bond acceptors (Lipinski definition) is 3. The summed E-state index contributed by atoms with van der Waals surface area (Å²) in [6, 6.07) is 4.27. The molecule has 0 spiro atoms. The number of benzene rings is 1. The molecule has 17 heavy (non-hydrogen) atoms. The first-order chi connectivity index (χ1) is 7.99. The van der Waals surface area contributed by atoms with E-state index in [4.69, 9.17) is 5.73 Å². The van der Waals surface area contributed by atoms with Gasteiger partial charge in [-0.05, 0) is 29.9 Å². The van der Waals surface area contributed by atoms with Crippen molar-refractivity contribution >= 4 is 35.1 Å². The maximum Gasteiger partial charge on any atom is 0.221 e. The van der Waals surface area contributed by atoms with Gasteiger partial charge in [-0.1, -0.05) is 6.07 Å². The van der Waals surface area contributed by atoms with Gasteiger partial charge in [0.15, 0.2) is 5.11 Å². The number of nitrogens with zero attached hydrogens (tertiary/aromatic N) is 1. The Morgan fingerprint density at radius 2 is 2.29 bits per heavy atom. The summed E-state index contributed by atoms with van der Waals surface area (Å²) in [5.41, 5.74) is 8.13. The highest BCUT2D eigenvalue weighted by molar-refractivity contribution is 7.80. The van der Waals surface area contributed by atoms with Crippen LogP contribution in [0.25, 0.3) is 0 Å². The third kappa shape index (κ3) is 4.56. The number of halogens is 1. The molecule has 4 N–H and O–H groups in total. The minimum absolute atomic E-state index is 0.0246. The molecule has 0 saturated heterocycles. The number of hydrogen-bond donors (Lipinski definition) is 3. The van der Waals surface area contributed by atoms with Crippen molar-refractivity contribution in [3.05, 3.63) is 29.6 Å². The van der Waals surface area contributed by atoms with Crippen molar-refractivity contribution in [1.82, 2.24) is 5.43 Å². The molecule has 0 aliphatic rings. The Hall–Kier alpha value is -2.02. The van der Waals surface area contributed by atoms with E-state index in [-0.39, 0.29) is 16.7 Å². The first-order valence-electron chi connectivity index (χ1n) is 4.64. The Morgan fingerprint density at radius 1 is 1.59 bits per heavy atom. The van der Waals surface area contributed by atoms with Crippen LogP contribution >= 0.6 is 12.2 Å². The van der Waals surface area contributed by atoms with Gasteiger partial charge in [0, 0.05) is 6.92 Å². The summed E-state index contributed by atoms with van der Waals surface area (Å²) in [6.45, 7) is 1.31. The average molecular weight is 254 g/mol. The lowest BCUT2D eigenvalue weighted by Gasteiger charge is -2.04. The molecule has 5 nitrogen and oxygen atoms in total. The molecule has 1 rings (SSSR count). The molecule has 0 radical (unpaired) electrons. The minimum atomic E-state index is -0.542. The third-order valence-corrected chi connectivity index (χ3v) is 1.78. The maximum atomic E-state index is 13.4. The fourth-order valence-electron chi connectivity index (χ4n) is 1.07. The van der Waals surface area contributed by atoms with E-state index in [1.807, 2.05) is 0 Å². The minimum Gasteiger partial charge on any atom is -0.375 e. The molecule has 0 atom stereocenters. The molecule has 1 amide bonds. The third-order valence-electron chi connectivity index (χ3n) is 1.69. The van der Waals surface area contributed by atoms with Crippen LogP contribution in [0.3, 0.4) is 0 Å². The zero-order chi connectivity index (χ0) is 12.8. The predicted octanol–water partition coefficient (Wildman–Crippen LogP) is 0.951. The second-order valence-electron chi connectivity index (χ2n) is 3.15. The van der Waals surface area contributed by atoms with Gasteiger partial charge in [0.05, 0.1) is 11.9 Å². The SMILES string of the molecule is CC(=O)Nc1ccc(/C=N\NC(N)=S)cc1F. The Balaban J connectivity index is 2.78. The smallest absolute Gasteiger partial charge is 0.221 e. The quantitative estimate of drug-likeness (QED) is 0.426. The number of rotatable bonds is 3. The van der Waals surface area contributed by atoms with Gasteiger partial charge in [0.25, 0.3) is 0 Å². The molecule has 0 bridgehead atoms. The highest BCUT2D eigenvalue weighted by atomic mass is 32.1. The Kier molecular flexibility index (Phi) is 4.53. The van der Waals surface area contributed by atoms with Crippen LogP contribution in [0.2, 0.25) is 0 Å². The molecule has 1 aromatic carbocycles. The molecule has 1 aromatic rings. The van der Waals surface area contributed by atoms with E-state index in [0.29, 0.717) is 5.56 Å². The molecule has 0 aliphatic carbocycles. The van der Waals surface area contributed by atoms with E-state index in [1.54, 1.807) is 6.07 Å². The molecule has 0 heterocycles. The van der Waals surface area contributed by atoms with Gasteiger partial charge in [-0.15, -0.1) is 0 Å². The molecule has 7 heteroatoms. The summed E-state index contributed by atoms with van der Waals surface area (Å²) in [5.74, 6) is -0.875. The van der Waals surface area contributed by atoms with E-state index in [2.05, 4.69) is 28.1 Å². The van der Waals surface area contributed by atoms with Crippen molar-refractivity contribution < 1.29 is 9.18 Å². The van der Waals surface area contributed by atoms with Crippen LogP contribution < -0.4 is 16.5 Å². The van der Waals surface area contributed by atoms with Crippen molar-refractivity contribution in [3.8, 4) is 0 Å². The number of nitrogens with two attached hydrogens (primary N) is 1. The number of anilines is 1. The Bertz CT molecular complexity index is 475. The number of thiocarbonyl (C=S) groups is 1. The summed E-state index contributed by atoms with van der Waals surface area (Å²) in [4.78, 5) is 10.8. The van der Waals surface area contributed by atoms with Crippen LogP contribution in [0.15, 0.2) is 23.3 Å². The van der Waals surface area contributed by atoms with Crippen LogP contribution in [0.1, 0.15) is 12.5 Å². The molecule has 90 valence electrons. The second-order valence-corrected chi connectivity index (χ2v) is 3.59.